The molecule has 2 radical (unpaired) electrons. The Morgan fingerprint density at radius 3 is 1.69 bits per heavy atom. The van der Waals surface area contributed by atoms with E-state index in [9.17, 15) is 22.4 Å². The Balaban J connectivity index is 0.000000292. The molecule has 39 heavy (non-hydrogen) atoms. The van der Waals surface area contributed by atoms with E-state index in [0.717, 1.165) is 18.2 Å². The van der Waals surface area contributed by atoms with Crippen molar-refractivity contribution in [3.63, 3.8) is 0 Å². The van der Waals surface area contributed by atoms with Crippen LogP contribution in [0.5, 0.6) is 0 Å². The molecule has 1 N–H and O–H groups in total. The molecule has 4 heterocycles. The van der Waals surface area contributed by atoms with Crippen molar-refractivity contribution in [2.45, 2.75) is 0 Å². The molecule has 0 atom stereocenters. The SMILES string of the molecule is Fc1c[c-]c(-c2ccccn2)c(F)c1.Fc1c[c-]c(-c2ccccn2)c(F)n1.O=C(O)c1ccccn1.[Ir].[Ir]. The Hall–Kier alpha value is -3.69. The molecule has 204 valence electrons. The van der Waals surface area contributed by atoms with E-state index in [4.69, 9.17) is 5.11 Å². The quantitative estimate of drug-likeness (QED) is 0.140. The molecule has 0 aliphatic rings. The predicted molar refractivity (Wildman–Crippen MR) is 126 cm³/mol. The van der Waals surface area contributed by atoms with E-state index in [1.54, 1.807) is 54.7 Å². The molecule has 4 aromatic heterocycles. The van der Waals surface area contributed by atoms with Crippen LogP contribution in [0, 0.1) is 35.7 Å². The maximum absolute atomic E-state index is 13.2. The molecule has 0 spiro atoms. The predicted octanol–water partition coefficient (Wildman–Crippen LogP) is 5.82. The van der Waals surface area contributed by atoms with Gasteiger partial charge in [-0.25, -0.2) is 18.6 Å². The van der Waals surface area contributed by atoms with Crippen LogP contribution in [0.4, 0.5) is 17.6 Å². The normalized spacial score (nSPS) is 9.33. The average Bonchev–Trinajstić information content (AvgIpc) is 2.91. The van der Waals surface area contributed by atoms with Gasteiger partial charge in [0.15, 0.2) is 0 Å². The van der Waals surface area contributed by atoms with E-state index in [1.807, 2.05) is 0 Å². The van der Waals surface area contributed by atoms with E-state index in [2.05, 4.69) is 32.1 Å². The number of pyridine rings is 4. The van der Waals surface area contributed by atoms with E-state index >= 15 is 0 Å². The van der Waals surface area contributed by atoms with Crippen molar-refractivity contribution in [1.29, 1.82) is 0 Å². The monoisotopic (exact) mass is 890 g/mol. The molecule has 0 amide bonds. The van der Waals surface area contributed by atoms with Crippen molar-refractivity contribution in [3.8, 4) is 22.5 Å². The molecule has 0 aliphatic heterocycles. The average molecular weight is 889 g/mol. The first-order valence-corrected chi connectivity index (χ1v) is 10.4. The minimum Gasteiger partial charge on any atom is -0.477 e. The molecule has 12 heteroatoms. The minimum absolute atomic E-state index is 0. The van der Waals surface area contributed by atoms with Crippen LogP contribution in [0.25, 0.3) is 22.5 Å². The maximum atomic E-state index is 13.2. The maximum Gasteiger partial charge on any atom is 0.354 e. The first-order valence-electron chi connectivity index (χ1n) is 10.4. The molecule has 0 fully saturated rings. The van der Waals surface area contributed by atoms with Crippen LogP contribution in [0.15, 0.2) is 91.4 Å². The summed E-state index contributed by atoms with van der Waals surface area (Å²) in [4.78, 5) is 24.6. The molecular weight excluding hydrogens is 873 g/mol. The fourth-order valence-electron chi connectivity index (χ4n) is 2.70. The van der Waals surface area contributed by atoms with Gasteiger partial charge in [-0.2, -0.15) is 0 Å². The van der Waals surface area contributed by atoms with Crippen LogP contribution >= 0.6 is 0 Å². The van der Waals surface area contributed by atoms with Crippen LogP contribution in [-0.2, 0) is 40.2 Å². The molecule has 0 aliphatic carbocycles. The molecule has 5 rings (SSSR count). The molecule has 1 aromatic carbocycles. The van der Waals surface area contributed by atoms with Gasteiger partial charge in [-0.15, -0.1) is 18.2 Å². The Morgan fingerprint density at radius 1 is 0.718 bits per heavy atom. The van der Waals surface area contributed by atoms with E-state index in [0.29, 0.717) is 11.4 Å². The molecule has 0 saturated carbocycles. The van der Waals surface area contributed by atoms with E-state index in [1.165, 1.54) is 18.5 Å². The van der Waals surface area contributed by atoms with Crippen molar-refractivity contribution in [2.75, 3.05) is 0 Å². The Kier molecular flexibility index (Phi) is 14.5. The molecular formula is C27H16F4Ir2N4O2-2. The number of nitrogens with zero attached hydrogens (tertiary/aromatic N) is 4. The second-order valence-corrected chi connectivity index (χ2v) is 6.88. The summed E-state index contributed by atoms with van der Waals surface area (Å²) in [6.07, 6.45) is 4.52. The summed E-state index contributed by atoms with van der Waals surface area (Å²) in [6.45, 7) is 0. The van der Waals surface area contributed by atoms with Crippen molar-refractivity contribution in [2.24, 2.45) is 0 Å². The van der Waals surface area contributed by atoms with Crippen molar-refractivity contribution < 1.29 is 67.7 Å². The van der Waals surface area contributed by atoms with Crippen LogP contribution in [0.1, 0.15) is 10.5 Å². The second-order valence-electron chi connectivity index (χ2n) is 6.88. The third-order valence-corrected chi connectivity index (χ3v) is 4.33. The second kappa shape index (κ2) is 17.0. The van der Waals surface area contributed by atoms with Gasteiger partial charge in [-0.3, -0.25) is 13.8 Å². The van der Waals surface area contributed by atoms with Gasteiger partial charge in [0.2, 0.25) is 0 Å². The zero-order valence-corrected chi connectivity index (χ0v) is 24.3. The number of hydrogen-bond acceptors (Lipinski definition) is 5. The van der Waals surface area contributed by atoms with Crippen molar-refractivity contribution in [1.82, 2.24) is 19.9 Å². The number of benzene rings is 1. The fourth-order valence-corrected chi connectivity index (χ4v) is 2.70. The summed E-state index contributed by atoms with van der Waals surface area (Å²) in [7, 11) is 0. The summed E-state index contributed by atoms with van der Waals surface area (Å²) in [5.41, 5.74) is 1.18. The summed E-state index contributed by atoms with van der Waals surface area (Å²) >= 11 is 0. The van der Waals surface area contributed by atoms with Crippen LogP contribution in [-0.4, -0.2) is 31.0 Å². The zero-order valence-electron chi connectivity index (χ0n) is 19.5. The van der Waals surface area contributed by atoms with Gasteiger partial charge in [0, 0.05) is 70.4 Å². The summed E-state index contributed by atoms with van der Waals surface area (Å²) in [5, 5.41) is 8.32. The topological polar surface area (TPSA) is 88.9 Å². The molecule has 0 bridgehead atoms. The first kappa shape index (κ1) is 33.3. The number of rotatable bonds is 3. The van der Waals surface area contributed by atoms with Crippen LogP contribution in [0.3, 0.4) is 0 Å². The number of halogens is 4. The standard InChI is InChI=1S/C11H6F2N.C10H5F2N2.C6H5NO2.2Ir/c12-8-4-5-9(10(13)7-8)11-3-1-2-6-14-11;11-9-5-4-7(10(12)14-9)8-3-1-2-6-13-8;8-6(9)5-3-1-2-4-7-5;;/h1-4,6-7H;1-3,5-6H;1-4H,(H,8,9);;/q2*-1;;;. The molecule has 6 nitrogen and oxygen atoms in total. The van der Waals surface area contributed by atoms with Crippen LogP contribution < -0.4 is 0 Å². The Bertz CT molecular complexity index is 1370. The number of aromatic carboxylic acids is 1. The van der Waals surface area contributed by atoms with Gasteiger partial charge < -0.3 is 15.1 Å². The summed E-state index contributed by atoms with van der Waals surface area (Å²) in [5.74, 6) is -4.06. The Labute approximate surface area is 247 Å². The minimum atomic E-state index is -0.990. The molecule has 0 unspecified atom stereocenters. The van der Waals surface area contributed by atoms with Crippen LogP contribution in [0.2, 0.25) is 0 Å². The fraction of sp³-hybridized carbons (Fsp3) is 0. The number of aromatic nitrogens is 4. The van der Waals surface area contributed by atoms with Gasteiger partial charge in [-0.05, 0) is 35.7 Å². The van der Waals surface area contributed by atoms with Crippen molar-refractivity contribution in [3.05, 3.63) is 133 Å². The van der Waals surface area contributed by atoms with Gasteiger partial charge in [0.25, 0.3) is 0 Å². The van der Waals surface area contributed by atoms with Crippen molar-refractivity contribution >= 4 is 5.97 Å². The smallest absolute Gasteiger partial charge is 0.354 e. The van der Waals surface area contributed by atoms with E-state index < -0.39 is 29.5 Å². The number of hydrogen-bond donors (Lipinski definition) is 1. The van der Waals surface area contributed by atoms with E-state index in [-0.39, 0.29) is 57.0 Å². The largest absolute Gasteiger partial charge is 0.477 e. The first-order chi connectivity index (χ1) is 17.8. The molecule has 0 saturated heterocycles. The third kappa shape index (κ3) is 10.5. The summed E-state index contributed by atoms with van der Waals surface area (Å²) < 4.78 is 51.4. The molecule has 5 aromatic rings. The zero-order chi connectivity index (χ0) is 26.6. The van der Waals surface area contributed by atoms with Gasteiger partial charge >= 0.3 is 5.97 Å². The number of carboxylic acids is 1. The number of carboxylic acid groups (broad SMARTS) is 1. The summed E-state index contributed by atoms with van der Waals surface area (Å²) in [6, 6.07) is 22.7. The third-order valence-electron chi connectivity index (χ3n) is 4.33. The number of carbonyl (C=O) groups is 1. The van der Waals surface area contributed by atoms with Gasteiger partial charge in [0.1, 0.15) is 17.6 Å². The van der Waals surface area contributed by atoms with Gasteiger partial charge in [0.05, 0.1) is 0 Å². The Morgan fingerprint density at radius 2 is 1.26 bits per heavy atom. The van der Waals surface area contributed by atoms with Gasteiger partial charge in [-0.1, -0.05) is 53.6 Å².